The molecule has 0 aliphatic carbocycles. The van der Waals surface area contributed by atoms with Crippen LogP contribution in [0.4, 0.5) is 0 Å². The van der Waals surface area contributed by atoms with Gasteiger partial charge in [0.05, 0.1) is 16.8 Å². The second kappa shape index (κ2) is 4.62. The maximum atomic E-state index is 9.15. The Morgan fingerprint density at radius 1 is 1.21 bits per heavy atom. The Bertz CT molecular complexity index is 519. The first-order valence-corrected chi connectivity index (χ1v) is 6.55. The molecule has 0 saturated carbocycles. The minimum absolute atomic E-state index is 0.384. The average molecular weight is 258 g/mol. The summed E-state index contributed by atoms with van der Waals surface area (Å²) in [4.78, 5) is 4.12. The van der Waals surface area contributed by atoms with Crippen LogP contribution in [0.3, 0.4) is 0 Å². The van der Waals surface area contributed by atoms with Crippen molar-refractivity contribution in [2.24, 2.45) is 0 Å². The minimum atomic E-state index is -0.458. The Kier molecular flexibility index (Phi) is 3.42. The van der Waals surface area contributed by atoms with Crippen LogP contribution in [0.1, 0.15) is 45.7 Å². The highest BCUT2D eigenvalue weighted by Crippen LogP contribution is 2.36. The van der Waals surface area contributed by atoms with Crippen molar-refractivity contribution < 1.29 is 9.31 Å². The van der Waals surface area contributed by atoms with E-state index in [1.807, 2.05) is 34.6 Å². The Labute approximate surface area is 114 Å². The fourth-order valence-electron chi connectivity index (χ4n) is 2.17. The summed E-state index contributed by atoms with van der Waals surface area (Å²) in [7, 11) is -0.458. The molecule has 100 valence electrons. The molecule has 0 aromatic carbocycles. The SMILES string of the molecule is CCc1c(C#N)cncc1B1OC(C)(C)C(C)(C)O1. The van der Waals surface area contributed by atoms with Gasteiger partial charge in [-0.1, -0.05) is 6.92 Å². The van der Waals surface area contributed by atoms with E-state index in [-0.39, 0.29) is 11.2 Å². The largest absolute Gasteiger partial charge is 0.496 e. The average Bonchev–Trinajstić information content (AvgIpc) is 2.57. The van der Waals surface area contributed by atoms with Gasteiger partial charge in [-0.05, 0) is 39.7 Å². The second-order valence-electron chi connectivity index (χ2n) is 5.81. The number of nitriles is 1. The van der Waals surface area contributed by atoms with Crippen molar-refractivity contribution in [2.45, 2.75) is 52.2 Å². The van der Waals surface area contributed by atoms with Crippen molar-refractivity contribution in [3.8, 4) is 6.07 Å². The molecule has 5 heteroatoms. The number of hydrogen-bond acceptors (Lipinski definition) is 4. The first kappa shape index (κ1) is 14.0. The summed E-state index contributed by atoms with van der Waals surface area (Å²) < 4.78 is 12.0. The molecule has 2 rings (SSSR count). The zero-order chi connectivity index (χ0) is 14.3. The van der Waals surface area contributed by atoms with E-state index >= 15 is 0 Å². The maximum Gasteiger partial charge on any atom is 0.496 e. The monoisotopic (exact) mass is 258 g/mol. The molecular weight excluding hydrogens is 239 g/mol. The van der Waals surface area contributed by atoms with E-state index in [0.29, 0.717) is 5.56 Å². The highest BCUT2D eigenvalue weighted by molar-refractivity contribution is 6.62. The van der Waals surface area contributed by atoms with E-state index in [0.717, 1.165) is 17.4 Å². The van der Waals surface area contributed by atoms with Gasteiger partial charge >= 0.3 is 7.12 Å². The van der Waals surface area contributed by atoms with Gasteiger partial charge in [0.2, 0.25) is 0 Å². The molecule has 0 spiro atoms. The summed E-state index contributed by atoms with van der Waals surface area (Å²) in [5.74, 6) is 0. The summed E-state index contributed by atoms with van der Waals surface area (Å²) in [5.41, 5.74) is 1.64. The summed E-state index contributed by atoms with van der Waals surface area (Å²) >= 11 is 0. The first-order valence-electron chi connectivity index (χ1n) is 6.55. The lowest BCUT2D eigenvalue weighted by atomic mass is 9.75. The minimum Gasteiger partial charge on any atom is -0.399 e. The number of pyridine rings is 1. The summed E-state index contributed by atoms with van der Waals surface area (Å²) in [6, 6.07) is 2.18. The molecule has 1 aliphatic heterocycles. The number of nitrogens with zero attached hydrogens (tertiary/aromatic N) is 2. The lowest BCUT2D eigenvalue weighted by Gasteiger charge is -2.32. The van der Waals surface area contributed by atoms with Gasteiger partial charge < -0.3 is 9.31 Å². The Morgan fingerprint density at radius 3 is 2.26 bits per heavy atom. The molecule has 0 N–H and O–H groups in total. The number of rotatable bonds is 2. The van der Waals surface area contributed by atoms with Crippen LogP contribution in [-0.4, -0.2) is 23.3 Å². The van der Waals surface area contributed by atoms with Crippen LogP contribution in [0.2, 0.25) is 0 Å². The smallest absolute Gasteiger partial charge is 0.399 e. The predicted octanol–water partition coefficient (Wildman–Crippen LogP) is 1.81. The molecule has 0 amide bonds. The molecular formula is C14H19BN2O2. The van der Waals surface area contributed by atoms with E-state index in [1.54, 1.807) is 12.4 Å². The third-order valence-corrected chi connectivity index (χ3v) is 4.07. The molecule has 1 saturated heterocycles. The third kappa shape index (κ3) is 2.26. The van der Waals surface area contributed by atoms with E-state index in [2.05, 4.69) is 11.1 Å². The second-order valence-corrected chi connectivity index (χ2v) is 5.81. The zero-order valence-electron chi connectivity index (χ0n) is 12.2. The van der Waals surface area contributed by atoms with Crippen molar-refractivity contribution in [2.75, 3.05) is 0 Å². The standard InChI is InChI=1S/C14H19BN2O2/c1-6-11-10(7-16)8-17-9-12(11)15-18-13(2,3)14(4,5)19-15/h8-9H,6H2,1-5H3. The highest BCUT2D eigenvalue weighted by atomic mass is 16.7. The topological polar surface area (TPSA) is 55.1 Å². The van der Waals surface area contributed by atoms with Gasteiger partial charge in [0.1, 0.15) is 6.07 Å². The summed E-state index contributed by atoms with van der Waals surface area (Å²) in [5, 5.41) is 9.15. The summed E-state index contributed by atoms with van der Waals surface area (Å²) in [6.07, 6.45) is 4.08. The third-order valence-electron chi connectivity index (χ3n) is 4.07. The Morgan fingerprint density at radius 2 is 1.79 bits per heavy atom. The first-order chi connectivity index (χ1) is 8.82. The van der Waals surface area contributed by atoms with E-state index in [1.165, 1.54) is 0 Å². The van der Waals surface area contributed by atoms with Crippen LogP contribution >= 0.6 is 0 Å². The lowest BCUT2D eigenvalue weighted by molar-refractivity contribution is 0.00578. The lowest BCUT2D eigenvalue weighted by Crippen LogP contribution is -2.41. The van der Waals surface area contributed by atoms with Gasteiger partial charge in [0, 0.05) is 17.9 Å². The van der Waals surface area contributed by atoms with Crippen LogP contribution in [0.15, 0.2) is 12.4 Å². The molecule has 0 unspecified atom stereocenters. The zero-order valence-corrected chi connectivity index (χ0v) is 12.2. The van der Waals surface area contributed by atoms with Gasteiger partial charge in [-0.15, -0.1) is 0 Å². The molecule has 4 nitrogen and oxygen atoms in total. The van der Waals surface area contributed by atoms with Crippen LogP contribution in [0.5, 0.6) is 0 Å². The normalized spacial score (nSPS) is 20.3. The Hall–Kier alpha value is -1.38. The highest BCUT2D eigenvalue weighted by Gasteiger charge is 2.52. The van der Waals surface area contributed by atoms with Crippen molar-refractivity contribution in [1.29, 1.82) is 5.26 Å². The van der Waals surface area contributed by atoms with E-state index in [9.17, 15) is 0 Å². The van der Waals surface area contributed by atoms with Gasteiger partial charge in [-0.2, -0.15) is 5.26 Å². The quantitative estimate of drug-likeness (QED) is 0.759. The molecule has 0 radical (unpaired) electrons. The van der Waals surface area contributed by atoms with Crippen molar-refractivity contribution >= 4 is 12.6 Å². The fourth-order valence-corrected chi connectivity index (χ4v) is 2.17. The van der Waals surface area contributed by atoms with Crippen LogP contribution in [-0.2, 0) is 15.7 Å². The molecule has 1 aliphatic rings. The molecule has 2 heterocycles. The molecule has 1 aromatic rings. The molecule has 1 aromatic heterocycles. The fraction of sp³-hybridized carbons (Fsp3) is 0.571. The van der Waals surface area contributed by atoms with Crippen LogP contribution in [0, 0.1) is 11.3 Å². The van der Waals surface area contributed by atoms with Crippen LogP contribution < -0.4 is 5.46 Å². The van der Waals surface area contributed by atoms with Crippen molar-refractivity contribution in [3.05, 3.63) is 23.5 Å². The van der Waals surface area contributed by atoms with Gasteiger partial charge in [0.15, 0.2) is 0 Å². The molecule has 1 fully saturated rings. The molecule has 0 atom stereocenters. The van der Waals surface area contributed by atoms with Crippen molar-refractivity contribution in [3.63, 3.8) is 0 Å². The molecule has 19 heavy (non-hydrogen) atoms. The molecule has 0 bridgehead atoms. The van der Waals surface area contributed by atoms with Gasteiger partial charge in [-0.3, -0.25) is 4.98 Å². The van der Waals surface area contributed by atoms with E-state index in [4.69, 9.17) is 14.6 Å². The van der Waals surface area contributed by atoms with Crippen molar-refractivity contribution in [1.82, 2.24) is 4.98 Å². The Balaban J connectivity index is 2.43. The number of aromatic nitrogens is 1. The predicted molar refractivity (Wildman–Crippen MR) is 74.0 cm³/mol. The number of hydrogen-bond donors (Lipinski definition) is 0. The summed E-state index contributed by atoms with van der Waals surface area (Å²) in [6.45, 7) is 10.1. The van der Waals surface area contributed by atoms with Gasteiger partial charge in [0.25, 0.3) is 0 Å². The van der Waals surface area contributed by atoms with E-state index < -0.39 is 7.12 Å². The van der Waals surface area contributed by atoms with Gasteiger partial charge in [-0.25, -0.2) is 0 Å². The maximum absolute atomic E-state index is 9.15. The van der Waals surface area contributed by atoms with Crippen LogP contribution in [0.25, 0.3) is 0 Å².